The van der Waals surface area contributed by atoms with Crippen LogP contribution in [0.5, 0.6) is 0 Å². The third-order valence-corrected chi connectivity index (χ3v) is 7.23. The Kier molecular flexibility index (Phi) is 7.45. The number of carbonyl (C=O) groups excluding carboxylic acids is 2. The molecule has 11 heteroatoms. The molecule has 204 valence electrons. The van der Waals surface area contributed by atoms with Gasteiger partial charge in [0.25, 0.3) is 5.91 Å². The van der Waals surface area contributed by atoms with Crippen molar-refractivity contribution in [1.82, 2.24) is 29.6 Å². The molecule has 0 atom stereocenters. The van der Waals surface area contributed by atoms with E-state index in [-0.39, 0.29) is 17.4 Å². The van der Waals surface area contributed by atoms with Crippen LogP contribution < -0.4 is 10.6 Å². The molecule has 1 saturated heterocycles. The first-order valence-corrected chi connectivity index (χ1v) is 13.1. The van der Waals surface area contributed by atoms with Crippen molar-refractivity contribution >= 4 is 34.2 Å². The van der Waals surface area contributed by atoms with Crippen molar-refractivity contribution in [3.05, 3.63) is 54.2 Å². The Bertz CT molecular complexity index is 1510. The largest absolute Gasteiger partial charge is 0.383 e. The van der Waals surface area contributed by atoms with Crippen molar-refractivity contribution in [2.45, 2.75) is 45.7 Å². The number of hydrogen-bond donors (Lipinski definition) is 3. The number of carbonyl (C=O) groups is 2. The molecule has 11 nitrogen and oxygen atoms in total. The normalized spacial score (nSPS) is 15.1. The number of hydrogen-bond acceptors (Lipinski definition) is 7. The van der Waals surface area contributed by atoms with Gasteiger partial charge in [0.15, 0.2) is 0 Å². The molecule has 5 rings (SSSR count). The summed E-state index contributed by atoms with van der Waals surface area (Å²) < 4.78 is 6.92. The maximum atomic E-state index is 13.1. The van der Waals surface area contributed by atoms with Crippen LogP contribution in [0, 0.1) is 6.92 Å². The van der Waals surface area contributed by atoms with Crippen molar-refractivity contribution in [2.75, 3.05) is 37.4 Å². The van der Waals surface area contributed by atoms with Gasteiger partial charge in [-0.05, 0) is 58.4 Å². The molecule has 0 spiro atoms. The number of aromatic nitrogens is 5. The highest BCUT2D eigenvalue weighted by Gasteiger charge is 2.32. The Hall–Kier alpha value is -4.09. The van der Waals surface area contributed by atoms with Gasteiger partial charge in [-0.15, -0.1) is 0 Å². The molecular formula is C28H34N8O3. The second-order valence-electron chi connectivity index (χ2n) is 10.5. The monoisotopic (exact) mass is 530 g/mol. The second-order valence-corrected chi connectivity index (χ2v) is 10.5. The quantitative estimate of drug-likeness (QED) is 0.300. The molecule has 0 saturated carbocycles. The first-order chi connectivity index (χ1) is 18.7. The van der Waals surface area contributed by atoms with Gasteiger partial charge in [-0.2, -0.15) is 5.10 Å². The van der Waals surface area contributed by atoms with E-state index in [0.717, 1.165) is 36.0 Å². The zero-order chi connectivity index (χ0) is 27.6. The molecule has 1 aliphatic heterocycles. The summed E-state index contributed by atoms with van der Waals surface area (Å²) in [4.78, 5) is 40.1. The van der Waals surface area contributed by atoms with Crippen molar-refractivity contribution in [3.8, 4) is 11.3 Å². The highest BCUT2D eigenvalue weighted by Crippen LogP contribution is 2.28. The Morgan fingerprint density at radius 1 is 1.13 bits per heavy atom. The van der Waals surface area contributed by atoms with Crippen LogP contribution in [0.4, 0.5) is 11.4 Å². The van der Waals surface area contributed by atoms with Gasteiger partial charge >= 0.3 is 0 Å². The topological polar surface area (TPSA) is 130 Å². The SMILES string of the molecule is COCCn1cc(-c2cc3cc(C(=O)Nc4cc(NC(=O)CN5CCCC5(C)C)cnc4C)cnc3[nH]2)cn1. The maximum Gasteiger partial charge on any atom is 0.257 e. The van der Waals surface area contributed by atoms with E-state index in [1.54, 1.807) is 38.6 Å². The average molecular weight is 531 g/mol. The number of nitrogens with zero attached hydrogens (tertiary/aromatic N) is 5. The Labute approximate surface area is 227 Å². The molecule has 4 aromatic rings. The summed E-state index contributed by atoms with van der Waals surface area (Å²) in [7, 11) is 1.66. The van der Waals surface area contributed by atoms with E-state index in [9.17, 15) is 9.59 Å². The fraction of sp³-hybridized carbons (Fsp3) is 0.393. The fourth-order valence-electron chi connectivity index (χ4n) is 4.86. The van der Waals surface area contributed by atoms with Crippen LogP contribution in [0.2, 0.25) is 0 Å². The Balaban J connectivity index is 1.27. The van der Waals surface area contributed by atoms with Gasteiger partial charge in [-0.25, -0.2) is 4.98 Å². The number of fused-ring (bicyclic) bond motifs is 1. The third-order valence-electron chi connectivity index (χ3n) is 7.23. The third kappa shape index (κ3) is 5.99. The van der Waals surface area contributed by atoms with E-state index in [0.29, 0.717) is 48.0 Å². The van der Waals surface area contributed by atoms with Crippen LogP contribution in [0.1, 0.15) is 42.7 Å². The van der Waals surface area contributed by atoms with Crippen molar-refractivity contribution in [1.29, 1.82) is 0 Å². The first-order valence-electron chi connectivity index (χ1n) is 13.1. The molecule has 0 aromatic carbocycles. The van der Waals surface area contributed by atoms with Crippen molar-refractivity contribution in [3.63, 3.8) is 0 Å². The molecule has 0 radical (unpaired) electrons. The van der Waals surface area contributed by atoms with Crippen LogP contribution in [-0.2, 0) is 16.1 Å². The highest BCUT2D eigenvalue weighted by atomic mass is 16.5. The minimum Gasteiger partial charge on any atom is -0.383 e. The molecule has 39 heavy (non-hydrogen) atoms. The first kappa shape index (κ1) is 26.5. The summed E-state index contributed by atoms with van der Waals surface area (Å²) in [5.41, 5.74) is 4.59. The lowest BCUT2D eigenvalue weighted by Gasteiger charge is -2.30. The molecule has 2 amide bonds. The van der Waals surface area contributed by atoms with E-state index in [2.05, 4.69) is 49.4 Å². The number of ether oxygens (including phenoxy) is 1. The Morgan fingerprint density at radius 3 is 2.74 bits per heavy atom. The van der Waals surface area contributed by atoms with Gasteiger partial charge in [0.2, 0.25) is 5.91 Å². The molecule has 4 aromatic heterocycles. The van der Waals surface area contributed by atoms with Crippen molar-refractivity contribution in [2.24, 2.45) is 0 Å². The number of methoxy groups -OCH3 is 1. The van der Waals surface area contributed by atoms with Gasteiger partial charge in [-0.1, -0.05) is 0 Å². The van der Waals surface area contributed by atoms with Gasteiger partial charge in [0.1, 0.15) is 5.65 Å². The van der Waals surface area contributed by atoms with E-state index in [4.69, 9.17) is 4.74 Å². The number of anilines is 2. The fourth-order valence-corrected chi connectivity index (χ4v) is 4.86. The number of pyridine rings is 2. The number of H-pyrrole nitrogens is 1. The summed E-state index contributed by atoms with van der Waals surface area (Å²) in [6.07, 6.45) is 9.02. The summed E-state index contributed by atoms with van der Waals surface area (Å²) in [6, 6.07) is 5.47. The molecule has 0 unspecified atom stereocenters. The predicted molar refractivity (Wildman–Crippen MR) is 150 cm³/mol. The lowest BCUT2D eigenvalue weighted by Crippen LogP contribution is -2.42. The predicted octanol–water partition coefficient (Wildman–Crippen LogP) is 3.84. The average Bonchev–Trinajstić information content (AvgIpc) is 3.62. The molecule has 3 N–H and O–H groups in total. The minimum atomic E-state index is -0.313. The van der Waals surface area contributed by atoms with Crippen LogP contribution >= 0.6 is 0 Å². The van der Waals surface area contributed by atoms with Gasteiger partial charge in [0, 0.05) is 36.0 Å². The number of nitrogens with one attached hydrogen (secondary N) is 3. The molecule has 5 heterocycles. The van der Waals surface area contributed by atoms with Crippen LogP contribution in [0.15, 0.2) is 43.0 Å². The molecule has 1 fully saturated rings. The number of aryl methyl sites for hydroxylation is 1. The number of likely N-dealkylation sites (tertiary alicyclic amines) is 1. The number of amides is 2. The standard InChI is InChI=1S/C28H34N8O3/c1-18-23(12-22(15-29-18)32-25(37)17-35-7-5-6-28(35,2)3)34-27(38)20-10-19-11-24(33-26(19)30-13-20)21-14-31-36(16-21)8-9-39-4/h10-16H,5-9,17H2,1-4H3,(H,30,33)(H,32,37)(H,34,38). The zero-order valence-corrected chi connectivity index (χ0v) is 22.7. The van der Waals surface area contributed by atoms with Crippen LogP contribution in [-0.4, -0.2) is 73.8 Å². The molecular weight excluding hydrogens is 496 g/mol. The smallest absolute Gasteiger partial charge is 0.257 e. The van der Waals surface area contributed by atoms with Crippen LogP contribution in [0.3, 0.4) is 0 Å². The van der Waals surface area contributed by atoms with Gasteiger partial charge < -0.3 is 20.4 Å². The number of rotatable bonds is 9. The van der Waals surface area contributed by atoms with Gasteiger partial charge in [0.05, 0.1) is 60.4 Å². The minimum absolute atomic E-state index is 0.0173. The summed E-state index contributed by atoms with van der Waals surface area (Å²) in [5, 5.41) is 11.0. The maximum absolute atomic E-state index is 13.1. The lowest BCUT2D eigenvalue weighted by molar-refractivity contribution is -0.118. The Morgan fingerprint density at radius 2 is 1.97 bits per heavy atom. The zero-order valence-electron chi connectivity index (χ0n) is 22.7. The highest BCUT2D eigenvalue weighted by molar-refractivity contribution is 6.06. The number of aromatic amines is 1. The summed E-state index contributed by atoms with van der Waals surface area (Å²) in [5.74, 6) is -0.415. The van der Waals surface area contributed by atoms with E-state index in [1.807, 2.05) is 16.9 Å². The van der Waals surface area contributed by atoms with E-state index >= 15 is 0 Å². The van der Waals surface area contributed by atoms with E-state index < -0.39 is 0 Å². The molecule has 0 aliphatic carbocycles. The summed E-state index contributed by atoms with van der Waals surface area (Å²) in [6.45, 7) is 8.60. The van der Waals surface area contributed by atoms with Gasteiger partial charge in [-0.3, -0.25) is 24.2 Å². The molecule has 0 bridgehead atoms. The van der Waals surface area contributed by atoms with E-state index in [1.165, 1.54) is 6.20 Å². The van der Waals surface area contributed by atoms with Crippen LogP contribution in [0.25, 0.3) is 22.3 Å². The molecule has 1 aliphatic rings. The van der Waals surface area contributed by atoms with Crippen molar-refractivity contribution < 1.29 is 14.3 Å². The summed E-state index contributed by atoms with van der Waals surface area (Å²) >= 11 is 0. The lowest BCUT2D eigenvalue weighted by atomic mass is 10.0. The second kappa shape index (κ2) is 11.0.